The normalized spacial score (nSPS) is 10.3. The minimum absolute atomic E-state index is 0.781. The quantitative estimate of drug-likeness (QED) is 0.431. The molecule has 2 rings (SSSR count). The first-order valence-corrected chi connectivity index (χ1v) is 8.07. The lowest BCUT2D eigenvalue weighted by Crippen LogP contribution is -2.05. The van der Waals surface area contributed by atoms with Gasteiger partial charge in [0, 0.05) is 31.5 Å². The summed E-state index contributed by atoms with van der Waals surface area (Å²) in [7, 11) is 0. The molecule has 4 heteroatoms. The summed E-state index contributed by atoms with van der Waals surface area (Å²) < 4.78 is 1.16. The molecular weight excluding hydrogens is 377 g/mol. The van der Waals surface area contributed by atoms with Crippen LogP contribution in [-0.2, 0) is 0 Å². The zero-order valence-electron chi connectivity index (χ0n) is 9.70. The molecule has 1 nitrogen and oxygen atoms in total. The van der Waals surface area contributed by atoms with E-state index in [1.54, 1.807) is 0 Å². The van der Waals surface area contributed by atoms with Crippen molar-refractivity contribution in [3.63, 3.8) is 0 Å². The molecule has 0 saturated heterocycles. The Bertz CT molecular complexity index is 504. The molecule has 2 aromatic carbocycles. The van der Waals surface area contributed by atoms with Crippen LogP contribution in [0.2, 0.25) is 5.02 Å². The number of anilines is 1. The highest BCUT2D eigenvalue weighted by molar-refractivity contribution is 14.1. The predicted molar refractivity (Wildman–Crippen MR) is 89.8 cm³/mol. The number of nitrogens with one attached hydrogen (secondary N) is 1. The first-order chi connectivity index (χ1) is 8.75. The van der Waals surface area contributed by atoms with E-state index in [0.29, 0.717) is 0 Å². The summed E-state index contributed by atoms with van der Waals surface area (Å²) in [6.45, 7) is 0.942. The Kier molecular flexibility index (Phi) is 5.66. The molecule has 0 aliphatic heterocycles. The average Bonchev–Trinajstić information content (AvgIpc) is 2.38. The van der Waals surface area contributed by atoms with Crippen LogP contribution < -0.4 is 5.32 Å². The van der Waals surface area contributed by atoms with E-state index in [9.17, 15) is 0 Å². The number of hydrogen-bond acceptors (Lipinski definition) is 2. The highest BCUT2D eigenvalue weighted by atomic mass is 127. The van der Waals surface area contributed by atoms with Crippen molar-refractivity contribution < 1.29 is 0 Å². The first kappa shape index (κ1) is 14.0. The summed E-state index contributed by atoms with van der Waals surface area (Å²) in [4.78, 5) is 1.31. The van der Waals surface area contributed by atoms with Crippen molar-refractivity contribution in [2.24, 2.45) is 0 Å². The Morgan fingerprint density at radius 2 is 1.89 bits per heavy atom. The maximum atomic E-state index is 5.92. The van der Waals surface area contributed by atoms with E-state index in [4.69, 9.17) is 11.6 Å². The van der Waals surface area contributed by atoms with Gasteiger partial charge in [0.2, 0.25) is 0 Å². The van der Waals surface area contributed by atoms with Crippen LogP contribution in [0, 0.1) is 3.57 Å². The predicted octanol–water partition coefficient (Wildman–Crippen LogP) is 5.15. The highest BCUT2D eigenvalue weighted by Gasteiger charge is 1.99. The Balaban J connectivity index is 1.79. The van der Waals surface area contributed by atoms with Gasteiger partial charge in [-0.3, -0.25) is 0 Å². The van der Waals surface area contributed by atoms with Crippen molar-refractivity contribution >= 4 is 51.6 Å². The van der Waals surface area contributed by atoms with Crippen LogP contribution in [-0.4, -0.2) is 12.3 Å². The van der Waals surface area contributed by atoms with Gasteiger partial charge >= 0.3 is 0 Å². The first-order valence-electron chi connectivity index (χ1n) is 5.62. The van der Waals surface area contributed by atoms with E-state index >= 15 is 0 Å². The molecule has 0 spiro atoms. The van der Waals surface area contributed by atoms with Gasteiger partial charge in [-0.15, -0.1) is 11.8 Å². The molecule has 0 unspecified atom stereocenters. The topological polar surface area (TPSA) is 12.0 Å². The summed E-state index contributed by atoms with van der Waals surface area (Å²) in [5, 5.41) is 4.20. The fourth-order valence-electron chi connectivity index (χ4n) is 1.50. The van der Waals surface area contributed by atoms with Gasteiger partial charge in [0.1, 0.15) is 0 Å². The van der Waals surface area contributed by atoms with E-state index in [1.165, 1.54) is 4.90 Å². The van der Waals surface area contributed by atoms with Gasteiger partial charge in [-0.25, -0.2) is 0 Å². The SMILES string of the molecule is Clc1ccc(NCCSc2ccccc2)c(I)c1. The van der Waals surface area contributed by atoms with E-state index in [2.05, 4.69) is 52.2 Å². The molecule has 0 fully saturated rings. The smallest absolute Gasteiger partial charge is 0.0477 e. The Morgan fingerprint density at radius 3 is 2.61 bits per heavy atom. The second-order valence-corrected chi connectivity index (χ2v) is 6.48. The van der Waals surface area contributed by atoms with Crippen LogP contribution in [0.25, 0.3) is 0 Å². The highest BCUT2D eigenvalue weighted by Crippen LogP contribution is 2.22. The fourth-order valence-corrected chi connectivity index (χ4v) is 3.36. The second-order valence-electron chi connectivity index (χ2n) is 3.71. The van der Waals surface area contributed by atoms with Gasteiger partial charge < -0.3 is 5.32 Å². The minimum atomic E-state index is 0.781. The molecule has 0 atom stereocenters. The number of benzene rings is 2. The van der Waals surface area contributed by atoms with Crippen LogP contribution in [0.5, 0.6) is 0 Å². The largest absolute Gasteiger partial charge is 0.383 e. The van der Waals surface area contributed by atoms with Gasteiger partial charge in [-0.2, -0.15) is 0 Å². The standard InChI is InChI=1S/C14H13ClINS/c15-11-6-7-14(13(16)10-11)17-8-9-18-12-4-2-1-3-5-12/h1-7,10,17H,8-9H2. The second kappa shape index (κ2) is 7.26. The molecule has 0 bridgehead atoms. The van der Waals surface area contributed by atoms with Crippen LogP contribution in [0.15, 0.2) is 53.4 Å². The number of hydrogen-bond donors (Lipinski definition) is 1. The summed E-state index contributed by atoms with van der Waals surface area (Å²) >= 11 is 10.1. The Morgan fingerprint density at radius 1 is 1.11 bits per heavy atom. The van der Waals surface area contributed by atoms with Crippen LogP contribution in [0.3, 0.4) is 0 Å². The van der Waals surface area contributed by atoms with Gasteiger partial charge in [0.05, 0.1) is 0 Å². The molecule has 0 amide bonds. The maximum Gasteiger partial charge on any atom is 0.0477 e. The summed E-state index contributed by atoms with van der Waals surface area (Å²) in [5.74, 6) is 1.04. The van der Waals surface area contributed by atoms with Crippen molar-refractivity contribution in [3.05, 3.63) is 57.1 Å². The van der Waals surface area contributed by atoms with Crippen molar-refractivity contribution in [1.82, 2.24) is 0 Å². The fraction of sp³-hybridized carbons (Fsp3) is 0.143. The monoisotopic (exact) mass is 389 g/mol. The van der Waals surface area contributed by atoms with Crippen molar-refractivity contribution in [1.29, 1.82) is 0 Å². The number of halogens is 2. The summed E-state index contributed by atoms with van der Waals surface area (Å²) in [5.41, 5.74) is 1.15. The van der Waals surface area contributed by atoms with Crippen LogP contribution in [0.4, 0.5) is 5.69 Å². The average molecular weight is 390 g/mol. The van der Waals surface area contributed by atoms with E-state index in [0.717, 1.165) is 26.6 Å². The van der Waals surface area contributed by atoms with Crippen molar-refractivity contribution in [2.75, 3.05) is 17.6 Å². The third-order valence-electron chi connectivity index (χ3n) is 2.36. The third kappa shape index (κ3) is 4.37. The number of thioether (sulfide) groups is 1. The van der Waals surface area contributed by atoms with Crippen molar-refractivity contribution in [3.8, 4) is 0 Å². The van der Waals surface area contributed by atoms with Gasteiger partial charge in [0.25, 0.3) is 0 Å². The maximum absolute atomic E-state index is 5.92. The minimum Gasteiger partial charge on any atom is -0.383 e. The van der Waals surface area contributed by atoms with E-state index in [1.807, 2.05) is 36.0 Å². The molecule has 0 radical (unpaired) electrons. The van der Waals surface area contributed by atoms with Crippen LogP contribution >= 0.6 is 46.0 Å². The molecule has 0 heterocycles. The van der Waals surface area contributed by atoms with Gasteiger partial charge in [-0.1, -0.05) is 29.8 Å². The molecule has 94 valence electrons. The van der Waals surface area contributed by atoms with Crippen LogP contribution in [0.1, 0.15) is 0 Å². The van der Waals surface area contributed by atoms with Crippen molar-refractivity contribution in [2.45, 2.75) is 4.90 Å². The van der Waals surface area contributed by atoms with E-state index in [-0.39, 0.29) is 0 Å². The lowest BCUT2D eigenvalue weighted by Gasteiger charge is -2.08. The zero-order valence-corrected chi connectivity index (χ0v) is 13.4. The molecule has 0 aromatic heterocycles. The molecule has 0 aliphatic rings. The number of rotatable bonds is 5. The molecule has 0 aliphatic carbocycles. The van der Waals surface area contributed by atoms with Gasteiger partial charge in [-0.05, 0) is 52.9 Å². The lowest BCUT2D eigenvalue weighted by atomic mass is 10.3. The Hall–Kier alpha value is -0.390. The molecule has 1 N–H and O–H groups in total. The molecule has 18 heavy (non-hydrogen) atoms. The third-order valence-corrected chi connectivity index (χ3v) is 4.50. The van der Waals surface area contributed by atoms with E-state index < -0.39 is 0 Å². The summed E-state index contributed by atoms with van der Waals surface area (Å²) in [6, 6.07) is 16.4. The molecular formula is C14H13ClINS. The molecule has 2 aromatic rings. The molecule has 0 saturated carbocycles. The Labute approximate surface area is 130 Å². The van der Waals surface area contributed by atoms with Gasteiger partial charge in [0.15, 0.2) is 0 Å². The lowest BCUT2D eigenvalue weighted by molar-refractivity contribution is 1.22. The summed E-state index contributed by atoms with van der Waals surface area (Å²) in [6.07, 6.45) is 0. The zero-order chi connectivity index (χ0) is 12.8.